The quantitative estimate of drug-likeness (QED) is 0.795. The molecule has 0 aromatic heterocycles. The lowest BCUT2D eigenvalue weighted by molar-refractivity contribution is -0.141. The molecule has 0 heterocycles. The Morgan fingerprint density at radius 3 is 1.88 bits per heavy atom. The number of methoxy groups -OCH3 is 1. The third kappa shape index (κ3) is 5.23. The van der Waals surface area contributed by atoms with Crippen LogP contribution in [0.1, 0.15) is 36.8 Å². The van der Waals surface area contributed by atoms with Gasteiger partial charge in [0.2, 0.25) is 5.91 Å². The topological polar surface area (TPSA) is 55.4 Å². The van der Waals surface area contributed by atoms with E-state index in [1.54, 1.807) is 6.92 Å². The van der Waals surface area contributed by atoms with Gasteiger partial charge in [-0.25, -0.2) is 0 Å². The summed E-state index contributed by atoms with van der Waals surface area (Å²) in [6.07, 6.45) is 0.503. The molecule has 1 atom stereocenters. The summed E-state index contributed by atoms with van der Waals surface area (Å²) in [6, 6.07) is 19.7. The number of hydrogen-bond acceptors (Lipinski definition) is 3. The van der Waals surface area contributed by atoms with Crippen molar-refractivity contribution < 1.29 is 14.3 Å². The van der Waals surface area contributed by atoms with Crippen LogP contribution in [0.25, 0.3) is 0 Å². The largest absolute Gasteiger partial charge is 0.469 e. The van der Waals surface area contributed by atoms with E-state index in [9.17, 15) is 9.59 Å². The number of hydrogen-bond donors (Lipinski definition) is 1. The predicted molar refractivity (Wildman–Crippen MR) is 93.6 cm³/mol. The van der Waals surface area contributed by atoms with Gasteiger partial charge < -0.3 is 10.1 Å². The minimum Gasteiger partial charge on any atom is -0.469 e. The van der Waals surface area contributed by atoms with Crippen LogP contribution in [0, 0.1) is 0 Å². The maximum atomic E-state index is 12.4. The second kappa shape index (κ2) is 8.87. The van der Waals surface area contributed by atoms with Crippen LogP contribution in [-0.2, 0) is 14.3 Å². The molecule has 0 spiro atoms. The number of ether oxygens (including phenoxy) is 1. The smallest absolute Gasteiger partial charge is 0.307 e. The number of nitrogens with one attached hydrogen (secondary N) is 1. The Bertz CT molecular complexity index is 616. The van der Waals surface area contributed by atoms with Crippen molar-refractivity contribution in [3.8, 4) is 0 Å². The Kier molecular flexibility index (Phi) is 6.55. The standard InChI is InChI=1S/C20H23NO3/c1-15(13-20(23)24-2)21-19(22)14-18(16-9-5-3-6-10-16)17-11-7-4-8-12-17/h3-12,15,18H,13-14H2,1-2H3,(H,21,22). The van der Waals surface area contributed by atoms with Gasteiger partial charge in [0.05, 0.1) is 13.5 Å². The van der Waals surface area contributed by atoms with Crippen molar-refractivity contribution >= 4 is 11.9 Å². The number of carbonyl (C=O) groups excluding carboxylic acids is 2. The van der Waals surface area contributed by atoms with Crippen LogP contribution in [0.15, 0.2) is 60.7 Å². The highest BCUT2D eigenvalue weighted by molar-refractivity contribution is 5.79. The fourth-order valence-electron chi connectivity index (χ4n) is 2.70. The molecule has 2 rings (SSSR count). The summed E-state index contributed by atoms with van der Waals surface area (Å²) < 4.78 is 4.63. The Morgan fingerprint density at radius 2 is 1.42 bits per heavy atom. The molecule has 4 nitrogen and oxygen atoms in total. The Morgan fingerprint density at radius 1 is 0.917 bits per heavy atom. The molecular weight excluding hydrogens is 302 g/mol. The number of esters is 1. The second-order valence-corrected chi connectivity index (χ2v) is 5.83. The summed E-state index contributed by atoms with van der Waals surface area (Å²) in [7, 11) is 1.34. The summed E-state index contributed by atoms with van der Waals surface area (Å²) in [5.74, 6) is -0.424. The van der Waals surface area contributed by atoms with Gasteiger partial charge in [-0.15, -0.1) is 0 Å². The summed E-state index contributed by atoms with van der Waals surface area (Å²) >= 11 is 0. The maximum absolute atomic E-state index is 12.4. The summed E-state index contributed by atoms with van der Waals surface area (Å²) in [6.45, 7) is 1.80. The van der Waals surface area contributed by atoms with E-state index < -0.39 is 0 Å². The molecule has 0 aliphatic rings. The van der Waals surface area contributed by atoms with Crippen LogP contribution >= 0.6 is 0 Å². The molecule has 2 aromatic carbocycles. The van der Waals surface area contributed by atoms with Crippen molar-refractivity contribution in [3.63, 3.8) is 0 Å². The molecule has 1 amide bonds. The average molecular weight is 325 g/mol. The molecule has 0 radical (unpaired) electrons. The molecule has 4 heteroatoms. The van der Waals surface area contributed by atoms with E-state index >= 15 is 0 Å². The molecular formula is C20H23NO3. The van der Waals surface area contributed by atoms with E-state index in [-0.39, 0.29) is 30.3 Å². The van der Waals surface area contributed by atoms with Crippen LogP contribution < -0.4 is 5.32 Å². The highest BCUT2D eigenvalue weighted by Gasteiger charge is 2.19. The van der Waals surface area contributed by atoms with Crippen LogP contribution in [0.2, 0.25) is 0 Å². The molecule has 0 saturated heterocycles. The molecule has 0 bridgehead atoms. The normalized spacial score (nSPS) is 11.8. The van der Waals surface area contributed by atoms with E-state index in [0.717, 1.165) is 11.1 Å². The lowest BCUT2D eigenvalue weighted by Crippen LogP contribution is -2.35. The van der Waals surface area contributed by atoms with Gasteiger partial charge in [0, 0.05) is 18.4 Å². The van der Waals surface area contributed by atoms with Crippen molar-refractivity contribution in [2.24, 2.45) is 0 Å². The molecule has 0 saturated carbocycles. The van der Waals surface area contributed by atoms with Gasteiger partial charge >= 0.3 is 5.97 Å². The zero-order valence-corrected chi connectivity index (χ0v) is 14.1. The van der Waals surface area contributed by atoms with Gasteiger partial charge in [0.15, 0.2) is 0 Å². The lowest BCUT2D eigenvalue weighted by Gasteiger charge is -2.19. The summed E-state index contributed by atoms with van der Waals surface area (Å²) in [4.78, 5) is 23.7. The zero-order chi connectivity index (χ0) is 17.4. The molecule has 1 unspecified atom stereocenters. The SMILES string of the molecule is COC(=O)CC(C)NC(=O)CC(c1ccccc1)c1ccccc1. The number of benzene rings is 2. The summed E-state index contributed by atoms with van der Waals surface area (Å²) in [5.41, 5.74) is 2.19. The van der Waals surface area contributed by atoms with E-state index in [1.165, 1.54) is 7.11 Å². The molecule has 0 fully saturated rings. The molecule has 0 aliphatic carbocycles. The highest BCUT2D eigenvalue weighted by Crippen LogP contribution is 2.27. The van der Waals surface area contributed by atoms with Crippen molar-refractivity contribution in [3.05, 3.63) is 71.8 Å². The van der Waals surface area contributed by atoms with Crippen molar-refractivity contribution in [2.75, 3.05) is 7.11 Å². The van der Waals surface area contributed by atoms with Gasteiger partial charge in [0.25, 0.3) is 0 Å². The maximum Gasteiger partial charge on any atom is 0.307 e. The van der Waals surface area contributed by atoms with E-state index in [4.69, 9.17) is 0 Å². The Hall–Kier alpha value is -2.62. The first kappa shape index (κ1) is 17.7. The average Bonchev–Trinajstić information content (AvgIpc) is 2.61. The Labute approximate surface area is 142 Å². The minimum absolute atomic E-state index is 0.0160. The zero-order valence-electron chi connectivity index (χ0n) is 14.1. The van der Waals surface area contributed by atoms with Gasteiger partial charge in [-0.3, -0.25) is 9.59 Å². The highest BCUT2D eigenvalue weighted by atomic mass is 16.5. The fourth-order valence-corrected chi connectivity index (χ4v) is 2.70. The minimum atomic E-state index is -0.328. The van der Waals surface area contributed by atoms with Crippen LogP contribution in [0.3, 0.4) is 0 Å². The molecule has 0 aliphatic heterocycles. The van der Waals surface area contributed by atoms with Gasteiger partial charge in [0.1, 0.15) is 0 Å². The first-order valence-electron chi connectivity index (χ1n) is 8.06. The Balaban J connectivity index is 2.09. The third-order valence-corrected chi connectivity index (χ3v) is 3.90. The molecule has 1 N–H and O–H groups in total. The monoisotopic (exact) mass is 325 g/mol. The first-order valence-corrected chi connectivity index (χ1v) is 8.06. The third-order valence-electron chi connectivity index (χ3n) is 3.90. The fraction of sp³-hybridized carbons (Fsp3) is 0.300. The molecule has 126 valence electrons. The van der Waals surface area contributed by atoms with E-state index in [2.05, 4.69) is 10.1 Å². The van der Waals surface area contributed by atoms with E-state index in [1.807, 2.05) is 60.7 Å². The molecule has 2 aromatic rings. The predicted octanol–water partition coefficient (Wildman–Crippen LogP) is 3.28. The number of amides is 1. The van der Waals surface area contributed by atoms with Crippen molar-refractivity contribution in [2.45, 2.75) is 31.7 Å². The number of rotatable bonds is 7. The van der Waals surface area contributed by atoms with E-state index in [0.29, 0.717) is 6.42 Å². The van der Waals surface area contributed by atoms with Gasteiger partial charge in [-0.2, -0.15) is 0 Å². The second-order valence-electron chi connectivity index (χ2n) is 5.83. The number of carbonyl (C=O) groups is 2. The van der Waals surface area contributed by atoms with Crippen LogP contribution in [0.4, 0.5) is 0 Å². The molecule has 24 heavy (non-hydrogen) atoms. The van der Waals surface area contributed by atoms with Crippen LogP contribution in [-0.4, -0.2) is 25.0 Å². The van der Waals surface area contributed by atoms with Crippen LogP contribution in [0.5, 0.6) is 0 Å². The van der Waals surface area contributed by atoms with Crippen molar-refractivity contribution in [1.29, 1.82) is 0 Å². The lowest BCUT2D eigenvalue weighted by atomic mass is 9.88. The first-order chi connectivity index (χ1) is 11.6. The van der Waals surface area contributed by atoms with Gasteiger partial charge in [-0.05, 0) is 18.1 Å². The van der Waals surface area contributed by atoms with Crippen molar-refractivity contribution in [1.82, 2.24) is 5.32 Å². The van der Waals surface area contributed by atoms with Gasteiger partial charge in [-0.1, -0.05) is 60.7 Å². The summed E-state index contributed by atoms with van der Waals surface area (Å²) in [5, 5.41) is 2.88.